The molecule has 2 amide bonds. The van der Waals surface area contributed by atoms with Crippen LogP contribution in [0.2, 0.25) is 0 Å². The van der Waals surface area contributed by atoms with Crippen molar-refractivity contribution in [1.29, 1.82) is 0 Å². The molecule has 2 heterocycles. The topological polar surface area (TPSA) is 97.1 Å². The standard InChI is InChI=1S/C17H22N4O3S/c1-17(2,3)13-9-10(21-24-13)7-8-18-14(22)15(23)20-16-19-11-5-4-6-12(11)25-16/h9H,4-8H2,1-3H3,(H,18,22)(H,19,20,23). The highest BCUT2D eigenvalue weighted by atomic mass is 32.1. The zero-order valence-electron chi connectivity index (χ0n) is 14.6. The summed E-state index contributed by atoms with van der Waals surface area (Å²) in [5.41, 5.74) is 1.69. The summed E-state index contributed by atoms with van der Waals surface area (Å²) in [7, 11) is 0. The Morgan fingerprint density at radius 3 is 2.76 bits per heavy atom. The van der Waals surface area contributed by atoms with Crippen molar-refractivity contribution >= 4 is 28.3 Å². The number of nitrogens with zero attached hydrogens (tertiary/aromatic N) is 2. The van der Waals surface area contributed by atoms with Gasteiger partial charge in [-0.2, -0.15) is 0 Å². The van der Waals surface area contributed by atoms with Crippen molar-refractivity contribution in [1.82, 2.24) is 15.5 Å². The molecule has 2 aromatic rings. The van der Waals surface area contributed by atoms with Crippen molar-refractivity contribution in [3.05, 3.63) is 28.1 Å². The maximum Gasteiger partial charge on any atom is 0.315 e. The van der Waals surface area contributed by atoms with Gasteiger partial charge in [-0.1, -0.05) is 25.9 Å². The lowest BCUT2D eigenvalue weighted by atomic mass is 9.93. The molecular weight excluding hydrogens is 340 g/mol. The van der Waals surface area contributed by atoms with Crippen LogP contribution >= 0.6 is 11.3 Å². The van der Waals surface area contributed by atoms with Crippen molar-refractivity contribution in [3.8, 4) is 0 Å². The number of nitrogens with one attached hydrogen (secondary N) is 2. The zero-order valence-corrected chi connectivity index (χ0v) is 15.5. The van der Waals surface area contributed by atoms with Gasteiger partial charge in [0.1, 0.15) is 5.76 Å². The first-order valence-corrected chi connectivity index (χ1v) is 9.18. The van der Waals surface area contributed by atoms with Gasteiger partial charge in [-0.15, -0.1) is 11.3 Å². The molecular formula is C17H22N4O3S. The van der Waals surface area contributed by atoms with Crippen LogP contribution in [0.5, 0.6) is 0 Å². The van der Waals surface area contributed by atoms with E-state index in [0.29, 0.717) is 18.1 Å². The highest BCUT2D eigenvalue weighted by molar-refractivity contribution is 7.16. The van der Waals surface area contributed by atoms with Crippen LogP contribution in [0.15, 0.2) is 10.6 Å². The molecule has 3 rings (SSSR count). The summed E-state index contributed by atoms with van der Waals surface area (Å²) in [6.07, 6.45) is 3.57. The quantitative estimate of drug-likeness (QED) is 0.813. The van der Waals surface area contributed by atoms with Crippen LogP contribution in [0.4, 0.5) is 5.13 Å². The van der Waals surface area contributed by atoms with Crippen molar-refractivity contribution < 1.29 is 14.1 Å². The number of carbonyl (C=O) groups excluding carboxylic acids is 2. The van der Waals surface area contributed by atoms with Gasteiger partial charge in [0.25, 0.3) is 0 Å². The van der Waals surface area contributed by atoms with Gasteiger partial charge in [0, 0.05) is 29.3 Å². The predicted octanol–water partition coefficient (Wildman–Crippen LogP) is 2.21. The van der Waals surface area contributed by atoms with Crippen molar-refractivity contribution in [3.63, 3.8) is 0 Å². The minimum atomic E-state index is -0.692. The molecule has 1 aliphatic rings. The van der Waals surface area contributed by atoms with Gasteiger partial charge in [-0.05, 0) is 19.3 Å². The lowest BCUT2D eigenvalue weighted by Gasteiger charge is -2.12. The average Bonchev–Trinajstić information content (AvgIpc) is 3.21. The molecule has 0 saturated heterocycles. The molecule has 0 aromatic carbocycles. The van der Waals surface area contributed by atoms with Crippen LogP contribution < -0.4 is 10.6 Å². The molecule has 2 N–H and O–H groups in total. The van der Waals surface area contributed by atoms with E-state index < -0.39 is 11.8 Å². The number of aromatic nitrogens is 2. The summed E-state index contributed by atoms with van der Waals surface area (Å²) in [5.74, 6) is -0.568. The number of hydrogen-bond acceptors (Lipinski definition) is 6. The largest absolute Gasteiger partial charge is 0.361 e. The van der Waals surface area contributed by atoms with E-state index in [1.54, 1.807) is 0 Å². The number of hydrogen-bond donors (Lipinski definition) is 2. The fraction of sp³-hybridized carbons (Fsp3) is 0.529. The number of anilines is 1. The van der Waals surface area contributed by atoms with Crippen LogP contribution in [-0.2, 0) is 34.3 Å². The average molecular weight is 362 g/mol. The molecule has 0 aliphatic heterocycles. The Morgan fingerprint density at radius 2 is 2.08 bits per heavy atom. The van der Waals surface area contributed by atoms with Crippen LogP contribution in [-0.4, -0.2) is 28.5 Å². The van der Waals surface area contributed by atoms with Crippen LogP contribution in [0.3, 0.4) is 0 Å². The Balaban J connectivity index is 1.45. The highest BCUT2D eigenvalue weighted by Crippen LogP contribution is 2.30. The van der Waals surface area contributed by atoms with Gasteiger partial charge < -0.3 is 9.84 Å². The Hall–Kier alpha value is -2.22. The number of rotatable bonds is 4. The normalized spacial score (nSPS) is 13.6. The smallest absolute Gasteiger partial charge is 0.315 e. The van der Waals surface area contributed by atoms with Crippen molar-refractivity contribution in [2.24, 2.45) is 0 Å². The maximum atomic E-state index is 11.9. The number of fused-ring (bicyclic) bond motifs is 1. The molecule has 0 spiro atoms. The van der Waals surface area contributed by atoms with Gasteiger partial charge in [0.05, 0.1) is 11.4 Å². The summed E-state index contributed by atoms with van der Waals surface area (Å²) in [5, 5.41) is 9.64. The first-order chi connectivity index (χ1) is 11.8. The molecule has 0 bridgehead atoms. The van der Waals surface area contributed by atoms with E-state index in [-0.39, 0.29) is 5.41 Å². The third-order valence-electron chi connectivity index (χ3n) is 3.99. The fourth-order valence-electron chi connectivity index (χ4n) is 2.57. The van der Waals surface area contributed by atoms with Gasteiger partial charge in [-0.25, -0.2) is 4.98 Å². The molecule has 134 valence electrons. The lowest BCUT2D eigenvalue weighted by Crippen LogP contribution is -2.36. The molecule has 0 unspecified atom stereocenters. The second-order valence-electron chi connectivity index (χ2n) is 7.13. The fourth-order valence-corrected chi connectivity index (χ4v) is 3.61. The second kappa shape index (κ2) is 6.95. The summed E-state index contributed by atoms with van der Waals surface area (Å²) >= 11 is 1.45. The van der Waals surface area contributed by atoms with Gasteiger partial charge in [0.15, 0.2) is 5.13 Å². The Labute approximate surface area is 150 Å². The van der Waals surface area contributed by atoms with E-state index >= 15 is 0 Å². The number of thiazole rings is 1. The van der Waals surface area contributed by atoms with E-state index in [4.69, 9.17) is 4.52 Å². The van der Waals surface area contributed by atoms with E-state index in [1.807, 2.05) is 26.8 Å². The molecule has 25 heavy (non-hydrogen) atoms. The maximum absolute atomic E-state index is 11.9. The van der Waals surface area contributed by atoms with E-state index in [1.165, 1.54) is 16.2 Å². The Morgan fingerprint density at radius 1 is 1.28 bits per heavy atom. The summed E-state index contributed by atoms with van der Waals surface area (Å²) in [6.45, 7) is 6.43. The number of aryl methyl sites for hydroxylation is 2. The van der Waals surface area contributed by atoms with Crippen LogP contribution in [0.1, 0.15) is 49.2 Å². The van der Waals surface area contributed by atoms with Crippen LogP contribution in [0, 0.1) is 0 Å². The molecule has 0 saturated carbocycles. The number of amides is 2. The van der Waals surface area contributed by atoms with Gasteiger partial charge in [0.2, 0.25) is 0 Å². The second-order valence-corrected chi connectivity index (χ2v) is 8.22. The summed E-state index contributed by atoms with van der Waals surface area (Å²) < 4.78 is 5.29. The molecule has 1 aliphatic carbocycles. The first-order valence-electron chi connectivity index (χ1n) is 8.37. The molecule has 0 radical (unpaired) electrons. The summed E-state index contributed by atoms with van der Waals surface area (Å²) in [6, 6.07) is 1.88. The van der Waals surface area contributed by atoms with E-state index in [9.17, 15) is 9.59 Å². The van der Waals surface area contributed by atoms with Gasteiger partial charge >= 0.3 is 11.8 Å². The monoisotopic (exact) mass is 362 g/mol. The zero-order chi connectivity index (χ0) is 18.0. The summed E-state index contributed by atoms with van der Waals surface area (Å²) in [4.78, 5) is 29.4. The lowest BCUT2D eigenvalue weighted by molar-refractivity contribution is -0.136. The van der Waals surface area contributed by atoms with E-state index in [0.717, 1.165) is 36.4 Å². The molecule has 7 nitrogen and oxygen atoms in total. The highest BCUT2D eigenvalue weighted by Gasteiger charge is 2.21. The van der Waals surface area contributed by atoms with Gasteiger partial charge in [-0.3, -0.25) is 14.9 Å². The molecule has 0 fully saturated rings. The van der Waals surface area contributed by atoms with Crippen molar-refractivity contribution in [2.45, 2.75) is 51.9 Å². The first kappa shape index (κ1) is 17.6. The third-order valence-corrected chi connectivity index (χ3v) is 5.06. The molecule has 2 aromatic heterocycles. The Bertz CT molecular complexity index is 767. The minimum absolute atomic E-state index is 0.109. The van der Waals surface area contributed by atoms with Crippen molar-refractivity contribution in [2.75, 3.05) is 11.9 Å². The molecule has 0 atom stereocenters. The van der Waals surface area contributed by atoms with Crippen LogP contribution in [0.25, 0.3) is 0 Å². The SMILES string of the molecule is CC(C)(C)c1cc(CCNC(=O)C(=O)Nc2nc3c(s2)CCC3)no1. The number of carbonyl (C=O) groups is 2. The minimum Gasteiger partial charge on any atom is -0.361 e. The predicted molar refractivity (Wildman–Crippen MR) is 94.7 cm³/mol. The Kier molecular flexibility index (Phi) is 4.89. The third kappa shape index (κ3) is 4.25. The van der Waals surface area contributed by atoms with E-state index in [2.05, 4.69) is 20.8 Å². The molecule has 8 heteroatoms.